The Hall–Kier alpha value is -4.25. The second kappa shape index (κ2) is 14.2. The van der Waals surface area contributed by atoms with Crippen LogP contribution in [0.1, 0.15) is 12.0 Å². The molecule has 5 rings (SSSR count). The number of ether oxygens (including phenoxy) is 4. The SMILES string of the molecule is COc1cc2ncnc(Nc3c(CN(C)CCNS(=O)(=O)c4ccccc4[N+](=O)[O-])ccc4c3OCO4)c2cc1OCCCBr. The highest BCUT2D eigenvalue weighted by atomic mass is 79.9. The minimum atomic E-state index is -4.10. The van der Waals surface area contributed by atoms with Crippen LogP contribution in [0, 0.1) is 10.1 Å². The Balaban J connectivity index is 1.36. The summed E-state index contributed by atoms with van der Waals surface area (Å²) in [7, 11) is -0.699. The number of nitro benzene ring substituents is 1. The highest BCUT2D eigenvalue weighted by molar-refractivity contribution is 9.09. The lowest BCUT2D eigenvalue weighted by molar-refractivity contribution is -0.387. The number of halogens is 1. The maximum Gasteiger partial charge on any atom is 0.289 e. The Morgan fingerprint density at radius 2 is 1.96 bits per heavy atom. The fourth-order valence-corrected chi connectivity index (χ4v) is 6.15. The fourth-order valence-electron chi connectivity index (χ4n) is 4.73. The fraction of sp³-hybridized carbons (Fsp3) is 0.310. The minimum Gasteiger partial charge on any atom is -0.493 e. The summed E-state index contributed by atoms with van der Waals surface area (Å²) in [5.41, 5.74) is 1.63. The number of nitrogens with one attached hydrogen (secondary N) is 2. The molecule has 2 N–H and O–H groups in total. The molecule has 0 atom stereocenters. The summed E-state index contributed by atoms with van der Waals surface area (Å²) in [6.45, 7) is 1.28. The van der Waals surface area contributed by atoms with Crippen LogP contribution in [0.15, 0.2) is 59.8 Å². The molecule has 3 aromatic carbocycles. The number of hydrogen-bond acceptors (Lipinski definition) is 12. The third-order valence-electron chi connectivity index (χ3n) is 6.90. The number of aromatic nitrogens is 2. The van der Waals surface area contributed by atoms with Gasteiger partial charge in [-0.3, -0.25) is 10.1 Å². The third-order valence-corrected chi connectivity index (χ3v) is 8.97. The van der Waals surface area contributed by atoms with Gasteiger partial charge in [0, 0.05) is 42.5 Å². The Bertz CT molecular complexity index is 1810. The Kier molecular flexibility index (Phi) is 10.2. The lowest BCUT2D eigenvalue weighted by Gasteiger charge is -2.21. The first-order chi connectivity index (χ1) is 21.7. The molecule has 0 fully saturated rings. The van der Waals surface area contributed by atoms with Crippen molar-refractivity contribution in [2.24, 2.45) is 0 Å². The van der Waals surface area contributed by atoms with E-state index in [1.165, 1.54) is 24.5 Å². The number of rotatable bonds is 15. The van der Waals surface area contributed by atoms with Gasteiger partial charge in [-0.25, -0.2) is 23.1 Å². The van der Waals surface area contributed by atoms with E-state index in [1.807, 2.05) is 30.1 Å². The van der Waals surface area contributed by atoms with Crippen molar-refractivity contribution in [2.45, 2.75) is 17.9 Å². The standard InChI is InChI=1S/C29H31BrN6O8S/c1-35(12-11-33-45(39,40)26-7-4-3-6-22(26)36(37)38)16-19-8-9-23-28(44-18-43-23)27(19)34-29-20-14-25(42-13-5-10-30)24(41-2)15-21(20)31-17-32-29/h3-4,6-9,14-15,17,33H,5,10-13,16,18H2,1-2H3,(H,31,32,34). The number of likely N-dealkylation sites (N-methyl/N-ethyl adjacent to an activating group) is 1. The first kappa shape index (κ1) is 32.2. The van der Waals surface area contributed by atoms with Gasteiger partial charge in [0.05, 0.1) is 29.8 Å². The van der Waals surface area contributed by atoms with Crippen LogP contribution in [0.25, 0.3) is 10.9 Å². The highest BCUT2D eigenvalue weighted by Crippen LogP contribution is 2.44. The summed E-state index contributed by atoms with van der Waals surface area (Å²) in [6.07, 6.45) is 2.26. The summed E-state index contributed by atoms with van der Waals surface area (Å²) < 4.78 is 51.1. The molecule has 0 amide bonds. The average Bonchev–Trinajstić information content (AvgIpc) is 3.51. The number of hydrogen-bond donors (Lipinski definition) is 2. The zero-order valence-corrected chi connectivity index (χ0v) is 26.9. The van der Waals surface area contributed by atoms with Gasteiger partial charge in [-0.1, -0.05) is 34.1 Å². The van der Waals surface area contributed by atoms with Gasteiger partial charge >= 0.3 is 0 Å². The number of fused-ring (bicyclic) bond motifs is 2. The molecule has 238 valence electrons. The number of alkyl halides is 1. The predicted octanol–water partition coefficient (Wildman–Crippen LogP) is 4.59. The molecule has 0 aliphatic carbocycles. The van der Waals surface area contributed by atoms with Gasteiger partial charge in [-0.05, 0) is 37.2 Å². The third kappa shape index (κ3) is 7.36. The second-order valence-corrected chi connectivity index (χ2v) is 12.5. The lowest BCUT2D eigenvalue weighted by Crippen LogP contribution is -2.33. The summed E-state index contributed by atoms with van der Waals surface area (Å²) in [6, 6.07) is 12.6. The van der Waals surface area contributed by atoms with Crippen molar-refractivity contribution in [3.63, 3.8) is 0 Å². The molecule has 4 aromatic rings. The molecule has 1 aromatic heterocycles. The zero-order chi connectivity index (χ0) is 32.0. The van der Waals surface area contributed by atoms with Crippen LogP contribution in [-0.4, -0.2) is 74.2 Å². The van der Waals surface area contributed by atoms with Crippen molar-refractivity contribution in [1.82, 2.24) is 19.6 Å². The van der Waals surface area contributed by atoms with Crippen molar-refractivity contribution < 1.29 is 32.3 Å². The number of methoxy groups -OCH3 is 1. The maximum absolute atomic E-state index is 12.8. The van der Waals surface area contributed by atoms with Gasteiger partial charge in [0.2, 0.25) is 16.8 Å². The molecule has 0 unspecified atom stereocenters. The number of nitro groups is 1. The van der Waals surface area contributed by atoms with Crippen LogP contribution in [-0.2, 0) is 16.6 Å². The van der Waals surface area contributed by atoms with Crippen LogP contribution in [0.4, 0.5) is 17.2 Å². The van der Waals surface area contributed by atoms with Crippen LogP contribution >= 0.6 is 15.9 Å². The van der Waals surface area contributed by atoms with E-state index >= 15 is 0 Å². The van der Waals surface area contributed by atoms with Crippen molar-refractivity contribution in [2.75, 3.05) is 51.3 Å². The summed E-state index contributed by atoms with van der Waals surface area (Å²) >= 11 is 3.42. The topological polar surface area (TPSA) is 167 Å². The van der Waals surface area contributed by atoms with Crippen LogP contribution in [0.5, 0.6) is 23.0 Å². The van der Waals surface area contributed by atoms with E-state index in [1.54, 1.807) is 13.2 Å². The Morgan fingerprint density at radius 1 is 1.13 bits per heavy atom. The van der Waals surface area contributed by atoms with E-state index in [0.29, 0.717) is 65.1 Å². The summed E-state index contributed by atoms with van der Waals surface area (Å²) in [5.74, 6) is 2.72. The molecular weight excluding hydrogens is 672 g/mol. The number of sulfonamides is 1. The lowest BCUT2D eigenvalue weighted by atomic mass is 10.1. The van der Waals surface area contributed by atoms with Crippen molar-refractivity contribution in [1.29, 1.82) is 0 Å². The molecule has 14 nitrogen and oxygen atoms in total. The zero-order valence-electron chi connectivity index (χ0n) is 24.5. The van der Waals surface area contributed by atoms with E-state index in [-0.39, 0.29) is 18.2 Å². The normalized spacial score (nSPS) is 12.4. The largest absolute Gasteiger partial charge is 0.493 e. The predicted molar refractivity (Wildman–Crippen MR) is 170 cm³/mol. The smallest absolute Gasteiger partial charge is 0.289 e. The average molecular weight is 704 g/mol. The number of benzene rings is 3. The van der Waals surface area contributed by atoms with Crippen molar-refractivity contribution in [3.8, 4) is 23.0 Å². The molecule has 16 heteroatoms. The van der Waals surface area contributed by atoms with Crippen LogP contribution in [0.3, 0.4) is 0 Å². The van der Waals surface area contributed by atoms with E-state index < -0.39 is 20.6 Å². The number of nitrogens with zero attached hydrogens (tertiary/aromatic N) is 4. The molecule has 0 spiro atoms. The van der Waals surface area contributed by atoms with Gasteiger partial charge in [-0.15, -0.1) is 0 Å². The van der Waals surface area contributed by atoms with Gasteiger partial charge in [0.1, 0.15) is 12.1 Å². The van der Waals surface area contributed by atoms with Gasteiger partial charge in [-0.2, -0.15) is 0 Å². The second-order valence-electron chi connectivity index (χ2n) is 9.95. The molecule has 0 saturated carbocycles. The molecular formula is C29H31BrN6O8S. The van der Waals surface area contributed by atoms with Crippen molar-refractivity contribution in [3.05, 3.63) is 70.5 Å². The van der Waals surface area contributed by atoms with Gasteiger partial charge < -0.3 is 29.2 Å². The monoisotopic (exact) mass is 702 g/mol. The summed E-state index contributed by atoms with van der Waals surface area (Å²) in [5, 5.41) is 16.2. The molecule has 45 heavy (non-hydrogen) atoms. The van der Waals surface area contributed by atoms with Gasteiger partial charge in [0.25, 0.3) is 5.69 Å². The first-order valence-corrected chi connectivity index (χ1v) is 16.4. The maximum atomic E-state index is 12.8. The molecule has 0 bridgehead atoms. The summed E-state index contributed by atoms with van der Waals surface area (Å²) in [4.78, 5) is 21.0. The van der Waals surface area contributed by atoms with E-state index in [4.69, 9.17) is 18.9 Å². The Morgan fingerprint density at radius 3 is 2.73 bits per heavy atom. The van der Waals surface area contributed by atoms with E-state index in [9.17, 15) is 18.5 Å². The minimum absolute atomic E-state index is 0.0223. The van der Waals surface area contributed by atoms with Crippen LogP contribution in [0.2, 0.25) is 0 Å². The highest BCUT2D eigenvalue weighted by Gasteiger charge is 2.26. The van der Waals surface area contributed by atoms with E-state index in [0.717, 1.165) is 23.4 Å². The molecule has 0 radical (unpaired) electrons. The number of para-hydroxylation sites is 1. The molecule has 1 aliphatic heterocycles. The molecule has 0 saturated heterocycles. The van der Waals surface area contributed by atoms with E-state index in [2.05, 4.69) is 35.9 Å². The van der Waals surface area contributed by atoms with Gasteiger partial charge in [0.15, 0.2) is 27.9 Å². The van der Waals surface area contributed by atoms with Crippen LogP contribution < -0.4 is 29.0 Å². The quantitative estimate of drug-likeness (QED) is 0.0766. The number of anilines is 2. The molecule has 1 aliphatic rings. The molecule has 2 heterocycles. The Labute approximate surface area is 268 Å². The first-order valence-electron chi connectivity index (χ1n) is 13.8. The van der Waals surface area contributed by atoms with Crippen molar-refractivity contribution >= 4 is 54.0 Å².